The van der Waals surface area contributed by atoms with Crippen LogP contribution in [0.2, 0.25) is 0 Å². The summed E-state index contributed by atoms with van der Waals surface area (Å²) in [6.45, 7) is 0. The Kier molecular flexibility index (Phi) is 5.08. The van der Waals surface area contributed by atoms with Crippen molar-refractivity contribution in [2.75, 3.05) is 0 Å². The van der Waals surface area contributed by atoms with Crippen molar-refractivity contribution >= 4 is 29.6 Å². The monoisotopic (exact) mass is 354 g/mol. The van der Waals surface area contributed by atoms with Crippen LogP contribution in [-0.4, -0.2) is 70.9 Å². The van der Waals surface area contributed by atoms with Gasteiger partial charge in [0.25, 0.3) is 0 Å². The number of hydrogen-bond acceptors (Lipinski definition) is 3. The number of ether oxygens (including phenoxy) is 2. The fourth-order valence-corrected chi connectivity index (χ4v) is 1.16. The van der Waals surface area contributed by atoms with Gasteiger partial charge in [-0.15, -0.1) is 0 Å². The molecule has 1 N–H and O–H groups in total. The molecule has 0 spiro atoms. The Morgan fingerprint density at radius 2 is 1.10 bits per heavy atom. The molecule has 0 aliphatic carbocycles. The van der Waals surface area contributed by atoms with Gasteiger partial charge in [-0.1, -0.05) is 0 Å². The summed E-state index contributed by atoms with van der Waals surface area (Å²) in [5, 5.41) is 7.86. The number of aliphatic hydroxyl groups is 1. The SMILES string of the molecule is OC(F)(F)C1(C(F)(F)F)OC(F)(F)C(F)(C(F)(F)F)O1.[NaH]. The quantitative estimate of drug-likeness (QED) is 0.579. The molecule has 1 fully saturated rings. The van der Waals surface area contributed by atoms with E-state index in [0.29, 0.717) is 0 Å². The molecule has 0 aromatic heterocycles. The van der Waals surface area contributed by atoms with Gasteiger partial charge in [0.2, 0.25) is 0 Å². The average Bonchev–Trinajstić information content (AvgIpc) is 2.32. The molecule has 1 saturated heterocycles. The van der Waals surface area contributed by atoms with Crippen molar-refractivity contribution in [3.8, 4) is 0 Å². The van der Waals surface area contributed by atoms with Crippen LogP contribution in [0.1, 0.15) is 0 Å². The third kappa shape index (κ3) is 2.85. The number of rotatable bonds is 1. The second-order valence-electron chi connectivity index (χ2n) is 3.47. The topological polar surface area (TPSA) is 38.7 Å². The van der Waals surface area contributed by atoms with Gasteiger partial charge in [-0.2, -0.15) is 48.3 Å². The van der Waals surface area contributed by atoms with E-state index in [4.69, 9.17) is 5.11 Å². The first-order valence-electron chi connectivity index (χ1n) is 4.12. The number of halogens is 11. The molecule has 0 bridgehead atoms. The van der Waals surface area contributed by atoms with E-state index in [9.17, 15) is 48.3 Å². The molecular weight excluding hydrogens is 352 g/mol. The van der Waals surface area contributed by atoms with Crippen molar-refractivity contribution in [1.82, 2.24) is 0 Å². The van der Waals surface area contributed by atoms with E-state index in [1.807, 2.05) is 0 Å². The first-order valence-corrected chi connectivity index (χ1v) is 4.12. The van der Waals surface area contributed by atoms with E-state index < -0.39 is 36.2 Å². The zero-order valence-electron chi connectivity index (χ0n) is 8.42. The van der Waals surface area contributed by atoms with Crippen LogP contribution in [0.25, 0.3) is 0 Å². The summed E-state index contributed by atoms with van der Waals surface area (Å²) < 4.78 is 140. The molecular formula is C6H2F11NaO3. The predicted molar refractivity (Wildman–Crippen MR) is 40.1 cm³/mol. The predicted octanol–water partition coefficient (Wildman–Crippen LogP) is 2.05. The maximum atomic E-state index is 13.0. The molecule has 0 aromatic rings. The van der Waals surface area contributed by atoms with Gasteiger partial charge in [0.1, 0.15) is 0 Å². The Balaban J connectivity index is 0.00000400. The van der Waals surface area contributed by atoms with E-state index in [2.05, 4.69) is 9.47 Å². The molecule has 1 aliphatic rings. The van der Waals surface area contributed by atoms with Crippen LogP contribution in [0.5, 0.6) is 0 Å². The Bertz CT molecular complexity index is 384. The van der Waals surface area contributed by atoms with Crippen LogP contribution in [0, 0.1) is 0 Å². The van der Waals surface area contributed by atoms with Crippen molar-refractivity contribution < 1.29 is 62.9 Å². The molecule has 15 heteroatoms. The first kappa shape index (κ1) is 21.1. The van der Waals surface area contributed by atoms with Crippen LogP contribution in [-0.2, 0) is 9.47 Å². The van der Waals surface area contributed by atoms with Crippen LogP contribution >= 0.6 is 0 Å². The molecule has 21 heavy (non-hydrogen) atoms. The molecule has 0 amide bonds. The molecule has 1 aliphatic heterocycles. The van der Waals surface area contributed by atoms with Crippen LogP contribution in [0.15, 0.2) is 0 Å². The molecule has 1 rings (SSSR count). The molecule has 0 saturated carbocycles. The fraction of sp³-hybridized carbons (Fsp3) is 1.00. The second-order valence-corrected chi connectivity index (χ2v) is 3.47. The normalized spacial score (nSPS) is 33.7. The zero-order chi connectivity index (χ0) is 16.4. The van der Waals surface area contributed by atoms with E-state index in [1.165, 1.54) is 0 Å². The van der Waals surface area contributed by atoms with Gasteiger partial charge < -0.3 is 5.11 Å². The summed E-state index contributed by atoms with van der Waals surface area (Å²) in [6, 6.07) is 0. The van der Waals surface area contributed by atoms with Crippen molar-refractivity contribution in [1.29, 1.82) is 0 Å². The second kappa shape index (κ2) is 5.06. The molecule has 122 valence electrons. The third-order valence-electron chi connectivity index (χ3n) is 2.06. The van der Waals surface area contributed by atoms with Gasteiger partial charge in [0.15, 0.2) is 0 Å². The molecule has 0 aromatic carbocycles. The van der Waals surface area contributed by atoms with E-state index in [0.717, 1.165) is 0 Å². The summed E-state index contributed by atoms with van der Waals surface area (Å²) in [6.07, 6.45) is -26.6. The molecule has 0 radical (unpaired) electrons. The third-order valence-corrected chi connectivity index (χ3v) is 2.06. The van der Waals surface area contributed by atoms with Gasteiger partial charge in [-0.25, -0.2) is 0 Å². The van der Waals surface area contributed by atoms with Crippen molar-refractivity contribution in [2.45, 2.75) is 36.2 Å². The summed E-state index contributed by atoms with van der Waals surface area (Å²) in [5.74, 6) is -12.8. The minimum atomic E-state index is -6.87. The minimum absolute atomic E-state index is 0. The van der Waals surface area contributed by atoms with Crippen LogP contribution in [0.3, 0.4) is 0 Å². The van der Waals surface area contributed by atoms with Crippen LogP contribution < -0.4 is 0 Å². The van der Waals surface area contributed by atoms with Crippen molar-refractivity contribution in [3.63, 3.8) is 0 Å². The summed E-state index contributed by atoms with van der Waals surface area (Å²) in [7, 11) is 0. The fourth-order valence-electron chi connectivity index (χ4n) is 1.16. The molecule has 2 unspecified atom stereocenters. The number of hydrogen-bond donors (Lipinski definition) is 1. The van der Waals surface area contributed by atoms with Crippen LogP contribution in [0.4, 0.5) is 48.3 Å². The Labute approximate surface area is 129 Å². The van der Waals surface area contributed by atoms with Gasteiger partial charge in [0.05, 0.1) is 0 Å². The Morgan fingerprint density at radius 1 is 0.714 bits per heavy atom. The van der Waals surface area contributed by atoms with Crippen molar-refractivity contribution in [2.24, 2.45) is 0 Å². The van der Waals surface area contributed by atoms with E-state index >= 15 is 0 Å². The van der Waals surface area contributed by atoms with Crippen molar-refractivity contribution in [3.05, 3.63) is 0 Å². The van der Waals surface area contributed by atoms with Gasteiger partial charge in [-0.05, 0) is 0 Å². The molecule has 1 heterocycles. The van der Waals surface area contributed by atoms with Gasteiger partial charge in [0, 0.05) is 0 Å². The van der Waals surface area contributed by atoms with E-state index in [1.54, 1.807) is 0 Å². The zero-order valence-corrected chi connectivity index (χ0v) is 8.42. The summed E-state index contributed by atoms with van der Waals surface area (Å²) in [5.41, 5.74) is 0. The maximum absolute atomic E-state index is 13.0. The standard InChI is InChI=1S/C6HF11O3.Na.H/c7-1(3(8,9)10)6(16,17)20-2(19-1,4(11,12)13)5(14,15)18;;/h18H;;. The Morgan fingerprint density at radius 3 is 1.24 bits per heavy atom. The summed E-state index contributed by atoms with van der Waals surface area (Å²) >= 11 is 0. The van der Waals surface area contributed by atoms with Gasteiger partial charge >= 0.3 is 65.8 Å². The average molecular weight is 354 g/mol. The first-order chi connectivity index (χ1) is 8.41. The van der Waals surface area contributed by atoms with E-state index in [-0.39, 0.29) is 29.6 Å². The molecule has 2 atom stereocenters. The molecule has 3 nitrogen and oxygen atoms in total. The number of alkyl halides is 11. The summed E-state index contributed by atoms with van der Waals surface area (Å²) in [4.78, 5) is 0. The Hall–Kier alpha value is 0.110. The van der Waals surface area contributed by atoms with Gasteiger partial charge in [-0.3, -0.25) is 9.47 Å².